The van der Waals surface area contributed by atoms with Gasteiger partial charge in [-0.3, -0.25) is 4.98 Å². The molecule has 0 aliphatic carbocycles. The summed E-state index contributed by atoms with van der Waals surface area (Å²) in [6.07, 6.45) is -5.25. The molecule has 0 amide bonds. The predicted molar refractivity (Wildman–Crippen MR) is 77.1 cm³/mol. The number of ether oxygens (including phenoxy) is 2. The number of aromatic nitrogens is 1. The van der Waals surface area contributed by atoms with Crippen molar-refractivity contribution in [2.45, 2.75) is 50.8 Å². The summed E-state index contributed by atoms with van der Waals surface area (Å²) in [5, 5.41) is 48.4. The second-order valence-electron chi connectivity index (χ2n) is 5.41. The Bertz CT molecular complexity index is 540. The summed E-state index contributed by atoms with van der Waals surface area (Å²) in [5.74, 6) is -0.0256. The summed E-state index contributed by atoms with van der Waals surface area (Å²) in [4.78, 5) is 4.01. The minimum absolute atomic E-state index is 0.0256. The Morgan fingerprint density at radius 3 is 2.57 bits per heavy atom. The van der Waals surface area contributed by atoms with E-state index >= 15 is 0 Å². The lowest BCUT2D eigenvalue weighted by atomic mass is 9.99. The Hall–Kier alpha value is -1.33. The first kappa shape index (κ1) is 18.0. The van der Waals surface area contributed by atoms with E-state index in [0.29, 0.717) is 16.8 Å². The maximum absolute atomic E-state index is 9.94. The maximum atomic E-state index is 9.94. The van der Waals surface area contributed by atoms with Crippen LogP contribution in [0.1, 0.15) is 16.8 Å². The molecule has 7 N–H and O–H groups in total. The summed E-state index contributed by atoms with van der Waals surface area (Å²) in [7, 11) is 0. The van der Waals surface area contributed by atoms with Crippen molar-refractivity contribution in [3.8, 4) is 5.75 Å². The van der Waals surface area contributed by atoms with Crippen LogP contribution in [-0.2, 0) is 22.6 Å². The van der Waals surface area contributed by atoms with Gasteiger partial charge in [0.2, 0.25) is 0 Å². The Morgan fingerprint density at radius 2 is 1.96 bits per heavy atom. The summed E-state index contributed by atoms with van der Waals surface area (Å²) >= 11 is 0. The molecule has 0 unspecified atom stereocenters. The Kier molecular flexibility index (Phi) is 5.87. The SMILES string of the molecule is Cc1ncc(CO[C@H]2O[C@@H](CO)[C@H](O)[C@@H](O)[C@@H]2O)c(CN)c1O. The zero-order chi connectivity index (χ0) is 17.1. The number of hydrogen-bond donors (Lipinski definition) is 6. The summed E-state index contributed by atoms with van der Waals surface area (Å²) in [6, 6.07) is 0. The highest BCUT2D eigenvalue weighted by Gasteiger charge is 2.44. The highest BCUT2D eigenvalue weighted by Crippen LogP contribution is 2.26. The quantitative estimate of drug-likeness (QED) is 0.354. The fourth-order valence-electron chi connectivity index (χ4n) is 2.41. The van der Waals surface area contributed by atoms with Crippen LogP contribution in [0.3, 0.4) is 0 Å². The monoisotopic (exact) mass is 330 g/mol. The first-order valence-electron chi connectivity index (χ1n) is 7.19. The molecule has 130 valence electrons. The molecule has 1 aromatic heterocycles. The van der Waals surface area contributed by atoms with Crippen molar-refractivity contribution in [2.75, 3.05) is 6.61 Å². The molecule has 0 radical (unpaired) electrons. The van der Waals surface area contributed by atoms with Gasteiger partial charge in [-0.2, -0.15) is 0 Å². The average Bonchev–Trinajstić information content (AvgIpc) is 2.55. The van der Waals surface area contributed by atoms with Gasteiger partial charge in [0.05, 0.1) is 18.9 Å². The van der Waals surface area contributed by atoms with E-state index in [1.54, 1.807) is 6.92 Å². The molecular weight excluding hydrogens is 308 g/mol. The lowest BCUT2D eigenvalue weighted by molar-refractivity contribution is -0.304. The standard InChI is InChI=1S/C14H22N2O7/c1-6-10(18)8(2-15)7(3-16-6)5-22-14-13(21)12(20)11(19)9(4-17)23-14/h3,9,11-14,17-21H,2,4-5,15H2,1H3/t9-,11-,12+,13-,14-/m0/s1. The van der Waals surface area contributed by atoms with Crippen molar-refractivity contribution in [1.29, 1.82) is 0 Å². The fraction of sp³-hybridized carbons (Fsp3) is 0.643. The molecule has 0 bridgehead atoms. The van der Waals surface area contributed by atoms with Crippen LogP contribution in [0.25, 0.3) is 0 Å². The molecule has 1 saturated heterocycles. The number of aromatic hydroxyl groups is 1. The number of nitrogens with zero attached hydrogens (tertiary/aromatic N) is 1. The van der Waals surface area contributed by atoms with Crippen LogP contribution in [0.5, 0.6) is 5.75 Å². The number of hydrogen-bond acceptors (Lipinski definition) is 9. The van der Waals surface area contributed by atoms with Gasteiger partial charge in [-0.25, -0.2) is 0 Å². The first-order chi connectivity index (χ1) is 10.9. The van der Waals surface area contributed by atoms with E-state index < -0.39 is 37.3 Å². The van der Waals surface area contributed by atoms with Crippen LogP contribution in [-0.4, -0.2) is 67.8 Å². The molecule has 5 atom stereocenters. The third-order valence-electron chi connectivity index (χ3n) is 3.89. The number of pyridine rings is 1. The van der Waals surface area contributed by atoms with Gasteiger partial charge in [-0.05, 0) is 6.92 Å². The molecule has 23 heavy (non-hydrogen) atoms. The Balaban J connectivity index is 2.10. The number of aliphatic hydroxyl groups is 4. The second-order valence-corrected chi connectivity index (χ2v) is 5.41. The van der Waals surface area contributed by atoms with Gasteiger partial charge >= 0.3 is 0 Å². The first-order valence-corrected chi connectivity index (χ1v) is 7.19. The number of aliphatic hydroxyl groups excluding tert-OH is 4. The molecule has 0 aromatic carbocycles. The van der Waals surface area contributed by atoms with E-state index in [-0.39, 0.29) is 18.9 Å². The third kappa shape index (κ3) is 3.61. The van der Waals surface area contributed by atoms with Gasteiger partial charge in [0.1, 0.15) is 30.2 Å². The smallest absolute Gasteiger partial charge is 0.187 e. The molecule has 0 spiro atoms. The van der Waals surface area contributed by atoms with E-state index in [2.05, 4.69) is 4.98 Å². The van der Waals surface area contributed by atoms with Crippen LogP contribution in [0, 0.1) is 6.92 Å². The van der Waals surface area contributed by atoms with Crippen LogP contribution in [0.15, 0.2) is 6.20 Å². The minimum Gasteiger partial charge on any atom is -0.506 e. The van der Waals surface area contributed by atoms with E-state index in [1.807, 2.05) is 0 Å². The van der Waals surface area contributed by atoms with Gasteiger partial charge in [0.15, 0.2) is 6.29 Å². The molecule has 2 heterocycles. The van der Waals surface area contributed by atoms with Gasteiger partial charge in [-0.1, -0.05) is 0 Å². The van der Waals surface area contributed by atoms with Crippen LogP contribution >= 0.6 is 0 Å². The Morgan fingerprint density at radius 1 is 1.26 bits per heavy atom. The zero-order valence-corrected chi connectivity index (χ0v) is 12.7. The summed E-state index contributed by atoms with van der Waals surface area (Å²) < 4.78 is 10.6. The second kappa shape index (κ2) is 7.49. The zero-order valence-electron chi connectivity index (χ0n) is 12.7. The number of nitrogens with two attached hydrogens (primary N) is 1. The van der Waals surface area contributed by atoms with Crippen molar-refractivity contribution in [1.82, 2.24) is 4.98 Å². The molecule has 1 fully saturated rings. The summed E-state index contributed by atoms with van der Waals surface area (Å²) in [6.45, 7) is 1.08. The molecule has 9 heteroatoms. The largest absolute Gasteiger partial charge is 0.506 e. The van der Waals surface area contributed by atoms with Gasteiger partial charge in [0.25, 0.3) is 0 Å². The van der Waals surface area contributed by atoms with Crippen molar-refractivity contribution in [3.63, 3.8) is 0 Å². The molecule has 1 aliphatic heterocycles. The van der Waals surface area contributed by atoms with Crippen LogP contribution < -0.4 is 5.73 Å². The average molecular weight is 330 g/mol. The van der Waals surface area contributed by atoms with Crippen molar-refractivity contribution < 1.29 is 35.0 Å². The Labute approximate surface area is 132 Å². The van der Waals surface area contributed by atoms with Crippen molar-refractivity contribution in [3.05, 3.63) is 23.0 Å². The number of rotatable bonds is 5. The number of aryl methyl sites for hydroxylation is 1. The summed E-state index contributed by atoms with van der Waals surface area (Å²) in [5.41, 5.74) is 7.01. The van der Waals surface area contributed by atoms with Gasteiger partial charge < -0.3 is 40.7 Å². The third-order valence-corrected chi connectivity index (χ3v) is 3.89. The molecule has 0 saturated carbocycles. The van der Waals surface area contributed by atoms with Gasteiger partial charge in [0, 0.05) is 23.9 Å². The van der Waals surface area contributed by atoms with Crippen molar-refractivity contribution >= 4 is 0 Å². The lowest BCUT2D eigenvalue weighted by Crippen LogP contribution is -2.59. The molecule has 2 rings (SSSR count). The van der Waals surface area contributed by atoms with E-state index in [4.69, 9.17) is 20.3 Å². The molecular formula is C14H22N2O7. The maximum Gasteiger partial charge on any atom is 0.187 e. The van der Waals surface area contributed by atoms with Crippen molar-refractivity contribution in [2.24, 2.45) is 5.73 Å². The van der Waals surface area contributed by atoms with E-state index in [0.717, 1.165) is 0 Å². The minimum atomic E-state index is -1.51. The lowest BCUT2D eigenvalue weighted by Gasteiger charge is -2.39. The van der Waals surface area contributed by atoms with Crippen LogP contribution in [0.4, 0.5) is 0 Å². The normalized spacial score (nSPS) is 31.3. The fourth-order valence-corrected chi connectivity index (χ4v) is 2.41. The molecule has 1 aliphatic rings. The topological polar surface area (TPSA) is 159 Å². The molecule has 9 nitrogen and oxygen atoms in total. The highest BCUT2D eigenvalue weighted by atomic mass is 16.7. The predicted octanol–water partition coefficient (Wildman–Crippen LogP) is -2.13. The van der Waals surface area contributed by atoms with E-state index in [1.165, 1.54) is 6.20 Å². The highest BCUT2D eigenvalue weighted by molar-refractivity contribution is 5.40. The van der Waals surface area contributed by atoms with Gasteiger partial charge in [-0.15, -0.1) is 0 Å². The molecule has 1 aromatic rings. The van der Waals surface area contributed by atoms with E-state index in [9.17, 15) is 20.4 Å². The van der Waals surface area contributed by atoms with Crippen LogP contribution in [0.2, 0.25) is 0 Å².